The predicted molar refractivity (Wildman–Crippen MR) is 103 cm³/mol. The van der Waals surface area contributed by atoms with Crippen LogP contribution in [0.15, 0.2) is 47.8 Å². The molecule has 3 rings (SSSR count). The third-order valence-electron chi connectivity index (χ3n) is 4.03. The monoisotopic (exact) mass is 354 g/mol. The largest absolute Gasteiger partial charge is 0.332 e. The number of hydrogen-bond acceptors (Lipinski definition) is 4. The van der Waals surface area contributed by atoms with Gasteiger partial charge in [0, 0.05) is 18.4 Å². The minimum atomic E-state index is -0.193. The lowest BCUT2D eigenvalue weighted by Crippen LogP contribution is -2.37. The number of carbonyl (C=O) groups excluding carboxylic acids is 1. The van der Waals surface area contributed by atoms with Gasteiger partial charge in [-0.05, 0) is 50.1 Å². The standard InChI is InChI=1S/C19H22N4OS/c1-4-16(25-19-21-15-10-7-11-20-17(15)22-19)18(24)23(5-2)14-9-6-8-13(3)12-14/h6-12,16H,4-5H2,1-3H3,(H,20,21,22). The molecule has 0 saturated heterocycles. The molecule has 1 N–H and O–H groups in total. The number of aryl methyl sites for hydroxylation is 1. The topological polar surface area (TPSA) is 61.9 Å². The summed E-state index contributed by atoms with van der Waals surface area (Å²) in [6.45, 7) is 6.71. The van der Waals surface area contributed by atoms with Gasteiger partial charge in [-0.25, -0.2) is 9.97 Å². The fraction of sp³-hybridized carbons (Fsp3) is 0.316. The Bertz CT molecular complexity index is 843. The van der Waals surface area contributed by atoms with Gasteiger partial charge in [0.2, 0.25) is 5.91 Å². The Balaban J connectivity index is 1.82. The van der Waals surface area contributed by atoms with Crippen LogP contribution in [0.4, 0.5) is 5.69 Å². The Morgan fingerprint density at radius 2 is 2.12 bits per heavy atom. The Labute approximate surface area is 151 Å². The summed E-state index contributed by atoms with van der Waals surface area (Å²) in [7, 11) is 0. The number of benzene rings is 1. The number of aromatic amines is 1. The molecule has 3 aromatic rings. The Morgan fingerprint density at radius 1 is 1.28 bits per heavy atom. The SMILES string of the molecule is CCC(Sc1nc2ncccc2[nH]1)C(=O)N(CC)c1cccc(C)c1. The molecule has 1 unspecified atom stereocenters. The average Bonchev–Trinajstić information content (AvgIpc) is 3.02. The molecule has 130 valence electrons. The number of fused-ring (bicyclic) bond motifs is 1. The average molecular weight is 354 g/mol. The molecule has 0 radical (unpaired) electrons. The van der Waals surface area contributed by atoms with E-state index in [0.29, 0.717) is 12.2 Å². The van der Waals surface area contributed by atoms with Crippen LogP contribution in [0.2, 0.25) is 0 Å². The first-order valence-electron chi connectivity index (χ1n) is 8.47. The van der Waals surface area contributed by atoms with Crippen molar-refractivity contribution < 1.29 is 4.79 Å². The molecule has 1 atom stereocenters. The number of aromatic nitrogens is 3. The van der Waals surface area contributed by atoms with E-state index < -0.39 is 0 Å². The summed E-state index contributed by atoms with van der Waals surface area (Å²) in [6, 6.07) is 11.9. The highest BCUT2D eigenvalue weighted by molar-refractivity contribution is 8.00. The summed E-state index contributed by atoms with van der Waals surface area (Å²) >= 11 is 1.47. The number of hydrogen-bond donors (Lipinski definition) is 1. The number of imidazole rings is 1. The maximum atomic E-state index is 13.1. The van der Waals surface area contributed by atoms with E-state index in [9.17, 15) is 4.79 Å². The van der Waals surface area contributed by atoms with E-state index in [2.05, 4.69) is 15.0 Å². The molecule has 1 amide bonds. The number of carbonyl (C=O) groups is 1. The quantitative estimate of drug-likeness (QED) is 0.674. The van der Waals surface area contributed by atoms with E-state index in [1.807, 2.05) is 62.1 Å². The molecular formula is C19H22N4OS. The van der Waals surface area contributed by atoms with Crippen LogP contribution in [0.3, 0.4) is 0 Å². The summed E-state index contributed by atoms with van der Waals surface area (Å²) in [5.74, 6) is 0.106. The summed E-state index contributed by atoms with van der Waals surface area (Å²) in [6.07, 6.45) is 2.45. The van der Waals surface area contributed by atoms with E-state index in [1.165, 1.54) is 11.8 Å². The summed E-state index contributed by atoms with van der Waals surface area (Å²) < 4.78 is 0. The van der Waals surface area contributed by atoms with Gasteiger partial charge in [0.1, 0.15) is 0 Å². The lowest BCUT2D eigenvalue weighted by Gasteiger charge is -2.25. The molecule has 0 spiro atoms. The number of anilines is 1. The van der Waals surface area contributed by atoms with Crippen LogP contribution in [-0.4, -0.2) is 32.7 Å². The molecule has 1 aromatic carbocycles. The number of nitrogens with one attached hydrogen (secondary N) is 1. The van der Waals surface area contributed by atoms with Crippen molar-refractivity contribution in [2.45, 2.75) is 37.6 Å². The fourth-order valence-corrected chi connectivity index (χ4v) is 3.73. The third-order valence-corrected chi connectivity index (χ3v) is 5.27. The van der Waals surface area contributed by atoms with E-state index in [1.54, 1.807) is 6.20 Å². The second kappa shape index (κ2) is 7.70. The van der Waals surface area contributed by atoms with E-state index in [4.69, 9.17) is 0 Å². The highest BCUT2D eigenvalue weighted by Crippen LogP contribution is 2.28. The summed E-state index contributed by atoms with van der Waals surface area (Å²) in [5, 5.41) is 0.537. The van der Waals surface area contributed by atoms with Crippen molar-refractivity contribution in [3.8, 4) is 0 Å². The Kier molecular flexibility index (Phi) is 5.38. The number of rotatable bonds is 6. The first-order chi connectivity index (χ1) is 12.1. The number of thioether (sulfide) groups is 1. The lowest BCUT2D eigenvalue weighted by molar-refractivity contribution is -0.118. The van der Waals surface area contributed by atoms with E-state index >= 15 is 0 Å². The normalized spacial score (nSPS) is 12.3. The number of pyridine rings is 1. The molecule has 0 fully saturated rings. The van der Waals surface area contributed by atoms with Crippen molar-refractivity contribution in [2.24, 2.45) is 0 Å². The molecule has 0 aliphatic rings. The fourth-order valence-electron chi connectivity index (χ4n) is 2.76. The minimum Gasteiger partial charge on any atom is -0.332 e. The second-order valence-electron chi connectivity index (χ2n) is 5.85. The van der Waals surface area contributed by atoms with Crippen molar-refractivity contribution >= 4 is 34.5 Å². The maximum Gasteiger partial charge on any atom is 0.240 e. The van der Waals surface area contributed by atoms with Gasteiger partial charge in [-0.2, -0.15) is 0 Å². The van der Waals surface area contributed by atoms with Crippen molar-refractivity contribution in [1.29, 1.82) is 0 Å². The summed E-state index contributed by atoms with van der Waals surface area (Å²) in [5.41, 5.74) is 3.65. The molecule has 0 aliphatic heterocycles. The smallest absolute Gasteiger partial charge is 0.240 e. The van der Waals surface area contributed by atoms with Crippen LogP contribution >= 0.6 is 11.8 Å². The van der Waals surface area contributed by atoms with E-state index in [-0.39, 0.29) is 11.2 Å². The molecule has 0 saturated carbocycles. The van der Waals surface area contributed by atoms with Gasteiger partial charge in [0.15, 0.2) is 10.8 Å². The van der Waals surface area contributed by atoms with Crippen molar-refractivity contribution in [3.05, 3.63) is 48.2 Å². The van der Waals surface area contributed by atoms with Gasteiger partial charge in [0.25, 0.3) is 0 Å². The third kappa shape index (κ3) is 3.85. The molecule has 6 heteroatoms. The van der Waals surface area contributed by atoms with Gasteiger partial charge in [0.05, 0.1) is 10.8 Å². The molecule has 2 aromatic heterocycles. The second-order valence-corrected chi connectivity index (χ2v) is 7.04. The maximum absolute atomic E-state index is 13.1. The van der Waals surface area contributed by atoms with Crippen LogP contribution in [0.5, 0.6) is 0 Å². The molecular weight excluding hydrogens is 332 g/mol. The van der Waals surface area contributed by atoms with Crippen molar-refractivity contribution in [3.63, 3.8) is 0 Å². The molecule has 0 bridgehead atoms. The van der Waals surface area contributed by atoms with Crippen LogP contribution in [0, 0.1) is 6.92 Å². The van der Waals surface area contributed by atoms with Crippen LogP contribution in [0.25, 0.3) is 11.2 Å². The molecule has 0 aliphatic carbocycles. The molecule has 25 heavy (non-hydrogen) atoms. The highest BCUT2D eigenvalue weighted by atomic mass is 32.2. The zero-order valence-electron chi connectivity index (χ0n) is 14.7. The first-order valence-corrected chi connectivity index (χ1v) is 9.35. The first kappa shape index (κ1) is 17.5. The predicted octanol–water partition coefficient (Wildman–Crippen LogP) is 4.19. The van der Waals surface area contributed by atoms with Crippen LogP contribution < -0.4 is 4.90 Å². The Hall–Kier alpha value is -2.34. The van der Waals surface area contributed by atoms with Crippen molar-refractivity contribution in [1.82, 2.24) is 15.0 Å². The van der Waals surface area contributed by atoms with Crippen LogP contribution in [0.1, 0.15) is 25.8 Å². The molecule has 2 heterocycles. The highest BCUT2D eigenvalue weighted by Gasteiger charge is 2.25. The Morgan fingerprint density at radius 3 is 2.80 bits per heavy atom. The number of H-pyrrole nitrogens is 1. The van der Waals surface area contributed by atoms with E-state index in [0.717, 1.165) is 28.3 Å². The zero-order chi connectivity index (χ0) is 17.8. The minimum absolute atomic E-state index is 0.106. The number of amides is 1. The van der Waals surface area contributed by atoms with Gasteiger partial charge >= 0.3 is 0 Å². The van der Waals surface area contributed by atoms with Gasteiger partial charge in [-0.1, -0.05) is 30.8 Å². The van der Waals surface area contributed by atoms with Gasteiger partial charge in [-0.15, -0.1) is 0 Å². The lowest BCUT2D eigenvalue weighted by atomic mass is 10.2. The zero-order valence-corrected chi connectivity index (χ0v) is 15.5. The summed E-state index contributed by atoms with van der Waals surface area (Å²) in [4.78, 5) is 26.9. The van der Waals surface area contributed by atoms with Gasteiger partial charge < -0.3 is 9.88 Å². The van der Waals surface area contributed by atoms with Crippen molar-refractivity contribution in [2.75, 3.05) is 11.4 Å². The number of nitrogens with zero attached hydrogens (tertiary/aromatic N) is 3. The van der Waals surface area contributed by atoms with Crippen LogP contribution in [-0.2, 0) is 4.79 Å². The molecule has 5 nitrogen and oxygen atoms in total. The van der Waals surface area contributed by atoms with Gasteiger partial charge in [-0.3, -0.25) is 4.79 Å².